The average Bonchev–Trinajstić information content (AvgIpc) is 2.91. The third-order valence-corrected chi connectivity index (χ3v) is 7.67. The second-order valence-electron chi connectivity index (χ2n) is 10.1. The maximum absolute atomic E-state index is 12.5. The standard InChI is InChI=1S/C31H33N3O/c32-21-25-6-11-29-22-34(18-16-28(29)20-25)17-15-23-7-12-30(13-8-23)33-31(35)14-9-24-5-10-26-3-1-2-4-27(26)19-24/h1-6,9-11,14,19-20,23,30H,7-8,12-13,15-18,22H2,(H,33,35)/b14-9+. The first kappa shape index (κ1) is 23.3. The van der Waals surface area contributed by atoms with E-state index in [1.165, 1.54) is 41.2 Å². The fraction of sp³-hybridized carbons (Fsp3) is 0.355. The van der Waals surface area contributed by atoms with Gasteiger partial charge < -0.3 is 5.32 Å². The molecule has 1 saturated carbocycles. The normalized spacial score (nSPS) is 20.4. The molecule has 1 amide bonds. The second kappa shape index (κ2) is 10.9. The van der Waals surface area contributed by atoms with E-state index in [9.17, 15) is 4.79 Å². The van der Waals surface area contributed by atoms with Crippen molar-refractivity contribution >= 4 is 22.8 Å². The van der Waals surface area contributed by atoms with Crippen LogP contribution in [0, 0.1) is 17.2 Å². The largest absolute Gasteiger partial charge is 0.350 e. The van der Waals surface area contributed by atoms with Crippen molar-refractivity contribution < 1.29 is 4.79 Å². The zero-order valence-electron chi connectivity index (χ0n) is 20.2. The number of fused-ring (bicyclic) bond motifs is 2. The van der Waals surface area contributed by atoms with Gasteiger partial charge in [-0.2, -0.15) is 5.26 Å². The molecule has 1 aliphatic carbocycles. The molecule has 0 atom stereocenters. The van der Waals surface area contributed by atoms with Gasteiger partial charge in [-0.25, -0.2) is 0 Å². The van der Waals surface area contributed by atoms with E-state index in [4.69, 9.17) is 5.26 Å². The number of nitrogens with one attached hydrogen (secondary N) is 1. The molecule has 3 aromatic carbocycles. The maximum Gasteiger partial charge on any atom is 0.244 e. The van der Waals surface area contributed by atoms with Crippen molar-refractivity contribution in [3.05, 3.63) is 89.0 Å². The zero-order chi connectivity index (χ0) is 24.0. The lowest BCUT2D eigenvalue weighted by atomic mass is 9.84. The number of hydrogen-bond acceptors (Lipinski definition) is 3. The monoisotopic (exact) mass is 463 g/mol. The molecule has 5 rings (SSSR count). The summed E-state index contributed by atoms with van der Waals surface area (Å²) in [4.78, 5) is 15.0. The molecule has 178 valence electrons. The van der Waals surface area contributed by atoms with Crippen LogP contribution in [0.5, 0.6) is 0 Å². The first-order chi connectivity index (χ1) is 17.2. The minimum absolute atomic E-state index is 0.00754. The predicted octanol–water partition coefficient (Wildman–Crippen LogP) is 5.85. The van der Waals surface area contributed by atoms with Crippen molar-refractivity contribution in [3.8, 4) is 6.07 Å². The Morgan fingerprint density at radius 1 is 1.00 bits per heavy atom. The van der Waals surface area contributed by atoms with Crippen molar-refractivity contribution in [2.75, 3.05) is 13.1 Å². The van der Waals surface area contributed by atoms with Gasteiger partial charge in [0.05, 0.1) is 11.6 Å². The number of benzene rings is 3. The summed E-state index contributed by atoms with van der Waals surface area (Å²) in [6.45, 7) is 3.21. The van der Waals surface area contributed by atoms with Crippen molar-refractivity contribution in [2.45, 2.75) is 51.1 Å². The van der Waals surface area contributed by atoms with Crippen LogP contribution in [0.4, 0.5) is 0 Å². The van der Waals surface area contributed by atoms with Gasteiger partial charge in [-0.3, -0.25) is 9.69 Å². The molecular formula is C31H33N3O. The Kier molecular flexibility index (Phi) is 7.25. The first-order valence-electron chi connectivity index (χ1n) is 12.9. The van der Waals surface area contributed by atoms with Gasteiger partial charge in [0, 0.05) is 25.2 Å². The number of nitrogens with zero attached hydrogens (tertiary/aromatic N) is 2. The number of hydrogen-bond donors (Lipinski definition) is 1. The SMILES string of the molecule is N#Cc1ccc2c(c1)CCN(CCC1CCC(NC(=O)/C=C/c3ccc4ccccc4c3)CC1)C2. The summed E-state index contributed by atoms with van der Waals surface area (Å²) in [5.74, 6) is 0.756. The fourth-order valence-corrected chi connectivity index (χ4v) is 5.57. The number of nitriles is 1. The van der Waals surface area contributed by atoms with Gasteiger partial charge in [0.2, 0.25) is 5.91 Å². The van der Waals surface area contributed by atoms with Gasteiger partial charge in [-0.1, -0.05) is 42.5 Å². The van der Waals surface area contributed by atoms with E-state index in [1.807, 2.05) is 24.3 Å². The van der Waals surface area contributed by atoms with Crippen LogP contribution in [0.1, 0.15) is 54.4 Å². The van der Waals surface area contributed by atoms with E-state index in [1.54, 1.807) is 6.08 Å². The highest BCUT2D eigenvalue weighted by Gasteiger charge is 2.23. The highest BCUT2D eigenvalue weighted by atomic mass is 16.1. The fourth-order valence-electron chi connectivity index (χ4n) is 5.57. The molecule has 2 aliphatic rings. The van der Waals surface area contributed by atoms with E-state index in [2.05, 4.69) is 58.8 Å². The predicted molar refractivity (Wildman–Crippen MR) is 142 cm³/mol. The van der Waals surface area contributed by atoms with Gasteiger partial charge in [0.25, 0.3) is 0 Å². The number of carbonyl (C=O) groups excluding carboxylic acids is 1. The van der Waals surface area contributed by atoms with E-state index >= 15 is 0 Å². The average molecular weight is 464 g/mol. The van der Waals surface area contributed by atoms with Crippen LogP contribution in [-0.4, -0.2) is 29.9 Å². The lowest BCUT2D eigenvalue weighted by Gasteiger charge is -2.33. The molecule has 0 saturated heterocycles. The van der Waals surface area contributed by atoms with Crippen LogP contribution in [0.2, 0.25) is 0 Å². The molecular weight excluding hydrogens is 430 g/mol. The molecule has 0 aromatic heterocycles. The van der Waals surface area contributed by atoms with Gasteiger partial charge in [0.1, 0.15) is 0 Å². The minimum Gasteiger partial charge on any atom is -0.350 e. The Balaban J connectivity index is 1.04. The Morgan fingerprint density at radius 3 is 2.66 bits per heavy atom. The maximum atomic E-state index is 12.5. The van der Waals surface area contributed by atoms with Gasteiger partial charge in [0.15, 0.2) is 0 Å². The van der Waals surface area contributed by atoms with Gasteiger partial charge in [-0.05, 0) is 103 Å². The summed E-state index contributed by atoms with van der Waals surface area (Å²) in [5.41, 5.74) is 4.53. The smallest absolute Gasteiger partial charge is 0.244 e. The third-order valence-electron chi connectivity index (χ3n) is 7.67. The van der Waals surface area contributed by atoms with Crippen LogP contribution in [0.25, 0.3) is 16.8 Å². The summed E-state index contributed by atoms with van der Waals surface area (Å²) < 4.78 is 0. The van der Waals surface area contributed by atoms with Crippen molar-refractivity contribution in [1.29, 1.82) is 5.26 Å². The molecule has 1 aliphatic heterocycles. The minimum atomic E-state index is 0.00754. The zero-order valence-corrected chi connectivity index (χ0v) is 20.2. The lowest BCUT2D eigenvalue weighted by molar-refractivity contribution is -0.117. The van der Waals surface area contributed by atoms with Gasteiger partial charge in [-0.15, -0.1) is 0 Å². The highest BCUT2D eigenvalue weighted by molar-refractivity contribution is 5.93. The molecule has 0 spiro atoms. The summed E-state index contributed by atoms with van der Waals surface area (Å²) >= 11 is 0. The molecule has 0 unspecified atom stereocenters. The van der Waals surface area contributed by atoms with Crippen LogP contribution in [0.15, 0.2) is 66.7 Å². The van der Waals surface area contributed by atoms with Crippen molar-refractivity contribution in [1.82, 2.24) is 10.2 Å². The lowest BCUT2D eigenvalue weighted by Crippen LogP contribution is -2.37. The Labute approximate surface area is 208 Å². The molecule has 0 bridgehead atoms. The third kappa shape index (κ3) is 5.99. The molecule has 0 radical (unpaired) electrons. The summed E-state index contributed by atoms with van der Waals surface area (Å²) in [6.07, 6.45) is 10.4. The van der Waals surface area contributed by atoms with Crippen LogP contribution >= 0.6 is 0 Å². The Hall–Kier alpha value is -3.42. The van der Waals surface area contributed by atoms with Crippen LogP contribution in [-0.2, 0) is 17.8 Å². The molecule has 4 nitrogen and oxygen atoms in total. The van der Waals surface area contributed by atoms with Crippen molar-refractivity contribution in [3.63, 3.8) is 0 Å². The van der Waals surface area contributed by atoms with E-state index < -0.39 is 0 Å². The van der Waals surface area contributed by atoms with E-state index in [0.717, 1.165) is 55.9 Å². The molecule has 35 heavy (non-hydrogen) atoms. The highest BCUT2D eigenvalue weighted by Crippen LogP contribution is 2.28. The summed E-state index contributed by atoms with van der Waals surface area (Å²) in [7, 11) is 0. The first-order valence-corrected chi connectivity index (χ1v) is 12.9. The number of rotatable bonds is 6. The van der Waals surface area contributed by atoms with E-state index in [-0.39, 0.29) is 11.9 Å². The number of amides is 1. The number of carbonyl (C=O) groups is 1. The molecule has 3 aromatic rings. The van der Waals surface area contributed by atoms with Crippen LogP contribution < -0.4 is 5.32 Å². The van der Waals surface area contributed by atoms with Crippen LogP contribution in [0.3, 0.4) is 0 Å². The summed E-state index contributed by atoms with van der Waals surface area (Å²) in [5, 5.41) is 14.7. The van der Waals surface area contributed by atoms with Crippen molar-refractivity contribution in [2.24, 2.45) is 5.92 Å². The molecule has 4 heteroatoms. The molecule has 1 N–H and O–H groups in total. The van der Waals surface area contributed by atoms with E-state index in [0.29, 0.717) is 0 Å². The Morgan fingerprint density at radius 2 is 1.83 bits per heavy atom. The molecule has 1 fully saturated rings. The second-order valence-corrected chi connectivity index (χ2v) is 10.1. The topological polar surface area (TPSA) is 56.1 Å². The summed E-state index contributed by atoms with van der Waals surface area (Å²) in [6, 6.07) is 23.2. The molecule has 1 heterocycles. The Bertz CT molecular complexity index is 1260. The quantitative estimate of drug-likeness (QED) is 0.467. The van der Waals surface area contributed by atoms with Gasteiger partial charge >= 0.3 is 0 Å².